The first kappa shape index (κ1) is 9.97. The second kappa shape index (κ2) is 4.31. The lowest BCUT2D eigenvalue weighted by Crippen LogP contribution is -2.16. The van der Waals surface area contributed by atoms with Gasteiger partial charge in [-0.25, -0.2) is 0 Å². The minimum Gasteiger partial charge on any atom is -0.392 e. The van der Waals surface area contributed by atoms with E-state index in [4.69, 9.17) is 5.11 Å². The van der Waals surface area contributed by atoms with Crippen LogP contribution in [0.25, 0.3) is 0 Å². The van der Waals surface area contributed by atoms with Gasteiger partial charge >= 0.3 is 0 Å². The van der Waals surface area contributed by atoms with Gasteiger partial charge in [0.05, 0.1) is 6.61 Å². The summed E-state index contributed by atoms with van der Waals surface area (Å²) in [7, 11) is 0. The molecule has 1 atom stereocenters. The van der Waals surface area contributed by atoms with E-state index in [0.717, 1.165) is 5.92 Å². The quantitative estimate of drug-likeness (QED) is 0.632. The van der Waals surface area contributed by atoms with Crippen LogP contribution in [0.4, 0.5) is 0 Å². The van der Waals surface area contributed by atoms with Crippen molar-refractivity contribution >= 4 is 0 Å². The molecule has 2 rings (SSSR count). The average molecular weight is 192 g/mol. The van der Waals surface area contributed by atoms with E-state index in [0.29, 0.717) is 0 Å². The van der Waals surface area contributed by atoms with Crippen molar-refractivity contribution in [3.63, 3.8) is 0 Å². The first-order chi connectivity index (χ1) is 6.81. The average Bonchev–Trinajstić information content (AvgIpc) is 2.27. The lowest BCUT2D eigenvalue weighted by molar-refractivity contribution is 0.327. The van der Waals surface area contributed by atoms with Crippen molar-refractivity contribution in [2.45, 2.75) is 45.4 Å². The fourth-order valence-electron chi connectivity index (χ4n) is 2.74. The van der Waals surface area contributed by atoms with E-state index in [1.807, 2.05) is 0 Å². The number of hydrogen-bond acceptors (Lipinski definition) is 1. The summed E-state index contributed by atoms with van der Waals surface area (Å²) in [6.07, 6.45) is 10.1. The van der Waals surface area contributed by atoms with Gasteiger partial charge in [0.2, 0.25) is 0 Å². The summed E-state index contributed by atoms with van der Waals surface area (Å²) < 4.78 is 0. The van der Waals surface area contributed by atoms with Crippen molar-refractivity contribution in [2.24, 2.45) is 5.92 Å². The van der Waals surface area contributed by atoms with Gasteiger partial charge in [-0.1, -0.05) is 17.2 Å². The van der Waals surface area contributed by atoms with Crippen LogP contribution in [0.5, 0.6) is 0 Å². The molecule has 1 N–H and O–H groups in total. The van der Waals surface area contributed by atoms with Crippen LogP contribution in [0.15, 0.2) is 22.8 Å². The Labute approximate surface area is 86.5 Å². The summed E-state index contributed by atoms with van der Waals surface area (Å²) in [5.74, 6) is 0.814. The Hall–Kier alpha value is -0.560. The number of aliphatic hydroxyl groups is 1. The van der Waals surface area contributed by atoms with Crippen LogP contribution >= 0.6 is 0 Å². The van der Waals surface area contributed by atoms with Crippen molar-refractivity contribution in [3.05, 3.63) is 22.8 Å². The van der Waals surface area contributed by atoms with Crippen molar-refractivity contribution < 1.29 is 5.11 Å². The molecule has 0 aromatic heterocycles. The standard InChI is InChI=1S/C13H20O/c1-10(9-14)12-7-6-11-4-2-3-5-13(11)8-12/h4,13-14H,2-3,5-9H2,1H3/b12-10+. The smallest absolute Gasteiger partial charge is 0.0641 e. The fourth-order valence-corrected chi connectivity index (χ4v) is 2.74. The largest absolute Gasteiger partial charge is 0.392 e. The third-order valence-electron chi connectivity index (χ3n) is 3.74. The number of aliphatic hydroxyl groups excluding tert-OH is 1. The Bertz CT molecular complexity index is 273. The van der Waals surface area contributed by atoms with Gasteiger partial charge in [0.15, 0.2) is 0 Å². The summed E-state index contributed by atoms with van der Waals surface area (Å²) in [6.45, 7) is 2.33. The highest BCUT2D eigenvalue weighted by molar-refractivity contribution is 5.24. The SMILES string of the molecule is C/C(CO)=C1/CCC2=CCCCC2C1. The monoisotopic (exact) mass is 192 g/mol. The lowest BCUT2D eigenvalue weighted by atomic mass is 9.75. The van der Waals surface area contributed by atoms with Gasteiger partial charge in [-0.3, -0.25) is 0 Å². The molecule has 1 unspecified atom stereocenters. The Morgan fingerprint density at radius 1 is 1.50 bits per heavy atom. The summed E-state index contributed by atoms with van der Waals surface area (Å²) in [6, 6.07) is 0. The molecule has 0 bridgehead atoms. The first-order valence-electron chi connectivity index (χ1n) is 5.78. The van der Waals surface area contributed by atoms with Crippen LogP contribution in [0.2, 0.25) is 0 Å². The first-order valence-corrected chi connectivity index (χ1v) is 5.78. The van der Waals surface area contributed by atoms with Crippen molar-refractivity contribution in [1.82, 2.24) is 0 Å². The van der Waals surface area contributed by atoms with E-state index >= 15 is 0 Å². The maximum atomic E-state index is 9.11. The zero-order valence-corrected chi connectivity index (χ0v) is 9.05. The van der Waals surface area contributed by atoms with Crippen molar-refractivity contribution in [3.8, 4) is 0 Å². The van der Waals surface area contributed by atoms with E-state index in [1.165, 1.54) is 49.7 Å². The Kier molecular flexibility index (Phi) is 3.07. The molecule has 0 aliphatic heterocycles. The summed E-state index contributed by atoms with van der Waals surface area (Å²) in [4.78, 5) is 0. The van der Waals surface area contributed by atoms with Gasteiger partial charge in [-0.2, -0.15) is 0 Å². The van der Waals surface area contributed by atoms with Crippen molar-refractivity contribution in [2.75, 3.05) is 6.61 Å². The predicted molar refractivity (Wildman–Crippen MR) is 59.1 cm³/mol. The van der Waals surface area contributed by atoms with Gasteiger partial charge in [0.25, 0.3) is 0 Å². The van der Waals surface area contributed by atoms with E-state index in [-0.39, 0.29) is 6.61 Å². The number of fused-ring (bicyclic) bond motifs is 1. The fraction of sp³-hybridized carbons (Fsp3) is 0.692. The molecule has 1 nitrogen and oxygen atoms in total. The van der Waals surface area contributed by atoms with Crippen molar-refractivity contribution in [1.29, 1.82) is 0 Å². The number of rotatable bonds is 1. The third-order valence-corrected chi connectivity index (χ3v) is 3.74. The molecule has 1 fully saturated rings. The molecular weight excluding hydrogens is 172 g/mol. The summed E-state index contributed by atoms with van der Waals surface area (Å²) in [5, 5.41) is 9.11. The minimum absolute atomic E-state index is 0.251. The van der Waals surface area contributed by atoms with E-state index in [9.17, 15) is 0 Å². The molecule has 78 valence electrons. The van der Waals surface area contributed by atoms with Crippen LogP contribution in [0.3, 0.4) is 0 Å². The maximum absolute atomic E-state index is 9.11. The van der Waals surface area contributed by atoms with Crippen LogP contribution in [0, 0.1) is 5.92 Å². The second-order valence-corrected chi connectivity index (χ2v) is 4.65. The highest BCUT2D eigenvalue weighted by atomic mass is 16.3. The summed E-state index contributed by atoms with van der Waals surface area (Å²) in [5.41, 5.74) is 4.44. The van der Waals surface area contributed by atoms with Crippen LogP contribution in [-0.4, -0.2) is 11.7 Å². The molecule has 0 aromatic rings. The van der Waals surface area contributed by atoms with E-state index in [1.54, 1.807) is 5.57 Å². The van der Waals surface area contributed by atoms with Crippen LogP contribution < -0.4 is 0 Å². The molecule has 2 aliphatic carbocycles. The number of hydrogen-bond donors (Lipinski definition) is 1. The molecule has 0 heterocycles. The molecule has 0 amide bonds. The van der Waals surface area contributed by atoms with E-state index in [2.05, 4.69) is 13.0 Å². The Morgan fingerprint density at radius 2 is 2.36 bits per heavy atom. The molecule has 0 aromatic carbocycles. The second-order valence-electron chi connectivity index (χ2n) is 4.65. The molecule has 0 spiro atoms. The highest BCUT2D eigenvalue weighted by Crippen LogP contribution is 2.39. The van der Waals surface area contributed by atoms with Crippen LogP contribution in [0.1, 0.15) is 45.4 Å². The molecule has 0 saturated heterocycles. The Balaban J connectivity index is 2.11. The molecule has 1 heteroatoms. The zero-order valence-electron chi connectivity index (χ0n) is 9.05. The van der Waals surface area contributed by atoms with Gasteiger partial charge in [-0.15, -0.1) is 0 Å². The molecule has 14 heavy (non-hydrogen) atoms. The summed E-state index contributed by atoms with van der Waals surface area (Å²) >= 11 is 0. The van der Waals surface area contributed by atoms with Gasteiger partial charge in [-0.05, 0) is 56.9 Å². The molecular formula is C13H20O. The van der Waals surface area contributed by atoms with Gasteiger partial charge in [0.1, 0.15) is 0 Å². The number of allylic oxidation sites excluding steroid dienone is 3. The topological polar surface area (TPSA) is 20.2 Å². The minimum atomic E-state index is 0.251. The predicted octanol–water partition coefficient (Wildman–Crippen LogP) is 3.21. The van der Waals surface area contributed by atoms with E-state index < -0.39 is 0 Å². The van der Waals surface area contributed by atoms with Gasteiger partial charge < -0.3 is 5.11 Å². The lowest BCUT2D eigenvalue weighted by Gasteiger charge is -2.31. The maximum Gasteiger partial charge on any atom is 0.0641 e. The third kappa shape index (κ3) is 1.93. The highest BCUT2D eigenvalue weighted by Gasteiger charge is 2.24. The molecule has 2 aliphatic rings. The zero-order chi connectivity index (χ0) is 9.97. The molecule has 0 radical (unpaired) electrons. The Morgan fingerprint density at radius 3 is 3.14 bits per heavy atom. The molecule has 1 saturated carbocycles. The van der Waals surface area contributed by atoms with Gasteiger partial charge in [0, 0.05) is 0 Å². The normalized spacial score (nSPS) is 30.7. The van der Waals surface area contributed by atoms with Crippen LogP contribution in [-0.2, 0) is 0 Å².